The number of aromatic nitrogens is 1. The zero-order valence-corrected chi connectivity index (χ0v) is 8.96. The molecule has 4 nitrogen and oxygen atoms in total. The smallest absolute Gasteiger partial charge is 0.235 e. The Bertz CT molecular complexity index is 555. The Morgan fingerprint density at radius 2 is 2.19 bits per heavy atom. The van der Waals surface area contributed by atoms with Gasteiger partial charge >= 0.3 is 0 Å². The van der Waals surface area contributed by atoms with Crippen LogP contribution in [-0.4, -0.2) is 9.49 Å². The zero-order valence-electron chi connectivity index (χ0n) is 8.96. The van der Waals surface area contributed by atoms with Gasteiger partial charge in [0.2, 0.25) is 6.20 Å². The van der Waals surface area contributed by atoms with Crippen LogP contribution in [0.1, 0.15) is 12.5 Å². The van der Waals surface area contributed by atoms with Gasteiger partial charge in [-0.15, -0.1) is 0 Å². The highest BCUT2D eigenvalue weighted by atomic mass is 16.6. The molecular formula is C12H12N2O2. The van der Waals surface area contributed by atoms with Gasteiger partial charge < -0.3 is 4.57 Å². The molecule has 82 valence electrons. The van der Waals surface area contributed by atoms with Crippen LogP contribution < -0.4 is 0 Å². The van der Waals surface area contributed by atoms with Crippen molar-refractivity contribution in [3.63, 3.8) is 0 Å². The van der Waals surface area contributed by atoms with Crippen molar-refractivity contribution in [2.75, 3.05) is 0 Å². The molecule has 0 aliphatic carbocycles. The summed E-state index contributed by atoms with van der Waals surface area (Å²) in [4.78, 5) is 9.85. The lowest BCUT2D eigenvalue weighted by Gasteiger charge is -1.97. The van der Waals surface area contributed by atoms with E-state index in [4.69, 9.17) is 0 Å². The number of fused-ring (bicyclic) bond motifs is 1. The quantitative estimate of drug-likeness (QED) is 0.585. The first-order valence-electron chi connectivity index (χ1n) is 5.12. The molecule has 1 heterocycles. The Morgan fingerprint density at radius 1 is 1.44 bits per heavy atom. The van der Waals surface area contributed by atoms with Crippen LogP contribution in [0.25, 0.3) is 17.0 Å². The number of rotatable bonds is 3. The molecule has 0 saturated carbocycles. The number of benzene rings is 1. The summed E-state index contributed by atoms with van der Waals surface area (Å²) in [5.74, 6) is 0. The van der Waals surface area contributed by atoms with E-state index in [0.29, 0.717) is 0 Å². The van der Waals surface area contributed by atoms with Crippen LogP contribution >= 0.6 is 0 Å². The molecule has 0 aliphatic rings. The fourth-order valence-electron chi connectivity index (χ4n) is 1.81. The van der Waals surface area contributed by atoms with Crippen LogP contribution in [0.5, 0.6) is 0 Å². The third kappa shape index (κ3) is 1.82. The second-order valence-electron chi connectivity index (χ2n) is 3.49. The summed E-state index contributed by atoms with van der Waals surface area (Å²) < 4.78 is 2.08. The molecule has 0 amide bonds. The maximum Gasteiger partial charge on any atom is 0.235 e. The lowest BCUT2D eigenvalue weighted by Crippen LogP contribution is -1.89. The van der Waals surface area contributed by atoms with Gasteiger partial charge in [0.15, 0.2) is 0 Å². The second kappa shape index (κ2) is 4.18. The Balaban J connectivity index is 2.57. The number of para-hydroxylation sites is 1. The number of nitro groups is 1. The van der Waals surface area contributed by atoms with E-state index >= 15 is 0 Å². The zero-order chi connectivity index (χ0) is 11.5. The first kappa shape index (κ1) is 10.4. The topological polar surface area (TPSA) is 48.1 Å². The van der Waals surface area contributed by atoms with E-state index in [-0.39, 0.29) is 0 Å². The molecule has 0 bridgehead atoms. The highest BCUT2D eigenvalue weighted by Gasteiger charge is 2.04. The van der Waals surface area contributed by atoms with Gasteiger partial charge in [-0.1, -0.05) is 18.2 Å². The second-order valence-corrected chi connectivity index (χ2v) is 3.49. The standard InChI is InChI=1S/C12H12N2O2/c1-2-13-9-10(7-8-14(15)16)11-5-3-4-6-12(11)13/h3-9H,2H2,1H3/b8-7-. The highest BCUT2D eigenvalue weighted by Crippen LogP contribution is 2.22. The Hall–Kier alpha value is -2.10. The molecule has 0 fully saturated rings. The van der Waals surface area contributed by atoms with E-state index in [0.717, 1.165) is 29.2 Å². The number of nitrogens with zero attached hydrogens (tertiary/aromatic N) is 2. The van der Waals surface area contributed by atoms with E-state index < -0.39 is 4.92 Å². The summed E-state index contributed by atoms with van der Waals surface area (Å²) in [6, 6.07) is 7.89. The van der Waals surface area contributed by atoms with E-state index in [1.165, 1.54) is 6.08 Å². The van der Waals surface area contributed by atoms with Gasteiger partial charge in [0.25, 0.3) is 0 Å². The maximum atomic E-state index is 10.3. The minimum Gasteiger partial charge on any atom is -0.347 e. The minimum atomic E-state index is -0.446. The molecule has 4 heteroatoms. The molecule has 0 aliphatic heterocycles. The molecule has 0 saturated heterocycles. The minimum absolute atomic E-state index is 0.446. The summed E-state index contributed by atoms with van der Waals surface area (Å²) >= 11 is 0. The first-order chi connectivity index (χ1) is 7.72. The molecular weight excluding hydrogens is 204 g/mol. The maximum absolute atomic E-state index is 10.3. The summed E-state index contributed by atoms with van der Waals surface area (Å²) in [5.41, 5.74) is 1.99. The summed E-state index contributed by atoms with van der Waals surface area (Å²) in [7, 11) is 0. The van der Waals surface area contributed by atoms with Gasteiger partial charge in [-0.2, -0.15) is 0 Å². The van der Waals surface area contributed by atoms with Crippen LogP contribution in [0, 0.1) is 10.1 Å². The lowest BCUT2D eigenvalue weighted by molar-refractivity contribution is -0.400. The molecule has 2 aromatic rings. The van der Waals surface area contributed by atoms with Crippen molar-refractivity contribution in [3.8, 4) is 0 Å². The number of hydrogen-bond donors (Lipinski definition) is 0. The third-order valence-corrected chi connectivity index (χ3v) is 2.54. The fourth-order valence-corrected chi connectivity index (χ4v) is 1.81. The number of aryl methyl sites for hydroxylation is 1. The van der Waals surface area contributed by atoms with Gasteiger partial charge in [0.1, 0.15) is 0 Å². The van der Waals surface area contributed by atoms with Gasteiger partial charge in [-0.25, -0.2) is 0 Å². The normalized spacial score (nSPS) is 11.3. The van der Waals surface area contributed by atoms with Crippen LogP contribution in [0.3, 0.4) is 0 Å². The lowest BCUT2D eigenvalue weighted by atomic mass is 10.2. The first-order valence-corrected chi connectivity index (χ1v) is 5.12. The van der Waals surface area contributed by atoms with E-state index in [1.807, 2.05) is 37.4 Å². The molecule has 0 spiro atoms. The molecule has 0 N–H and O–H groups in total. The molecule has 16 heavy (non-hydrogen) atoms. The third-order valence-electron chi connectivity index (χ3n) is 2.54. The van der Waals surface area contributed by atoms with Crippen molar-refractivity contribution in [1.82, 2.24) is 4.57 Å². The number of hydrogen-bond acceptors (Lipinski definition) is 2. The predicted molar refractivity (Wildman–Crippen MR) is 63.6 cm³/mol. The predicted octanol–water partition coefficient (Wildman–Crippen LogP) is 2.91. The van der Waals surface area contributed by atoms with Crippen molar-refractivity contribution in [3.05, 3.63) is 52.3 Å². The Labute approximate surface area is 93.0 Å². The van der Waals surface area contributed by atoms with E-state index in [9.17, 15) is 10.1 Å². The van der Waals surface area contributed by atoms with Gasteiger partial charge in [0.05, 0.1) is 4.92 Å². The van der Waals surface area contributed by atoms with E-state index in [1.54, 1.807) is 0 Å². The van der Waals surface area contributed by atoms with Crippen molar-refractivity contribution in [2.45, 2.75) is 13.5 Å². The largest absolute Gasteiger partial charge is 0.347 e. The van der Waals surface area contributed by atoms with Crippen LogP contribution in [0.4, 0.5) is 0 Å². The van der Waals surface area contributed by atoms with Crippen molar-refractivity contribution in [1.29, 1.82) is 0 Å². The Morgan fingerprint density at radius 3 is 2.88 bits per heavy atom. The molecule has 1 aromatic heterocycles. The summed E-state index contributed by atoms with van der Waals surface area (Å²) in [6.07, 6.45) is 4.45. The summed E-state index contributed by atoms with van der Waals surface area (Å²) in [5, 5.41) is 11.3. The SMILES string of the molecule is CCn1cc(/C=C\[N+](=O)[O-])c2ccccc21. The monoisotopic (exact) mass is 216 g/mol. The van der Waals surface area contributed by atoms with Crippen molar-refractivity contribution >= 4 is 17.0 Å². The van der Waals surface area contributed by atoms with Gasteiger partial charge in [-0.3, -0.25) is 10.1 Å². The van der Waals surface area contributed by atoms with Gasteiger partial charge in [-0.05, 0) is 13.0 Å². The molecule has 0 atom stereocenters. The fraction of sp³-hybridized carbons (Fsp3) is 0.167. The molecule has 0 radical (unpaired) electrons. The van der Waals surface area contributed by atoms with Gasteiger partial charge in [0, 0.05) is 35.3 Å². The Kier molecular flexibility index (Phi) is 2.72. The highest BCUT2D eigenvalue weighted by molar-refractivity contribution is 5.89. The van der Waals surface area contributed by atoms with Crippen LogP contribution in [-0.2, 0) is 6.54 Å². The summed E-state index contributed by atoms with van der Waals surface area (Å²) in [6.45, 7) is 2.90. The average Bonchev–Trinajstić information content (AvgIpc) is 2.65. The van der Waals surface area contributed by atoms with Crippen LogP contribution in [0.15, 0.2) is 36.7 Å². The molecule has 2 rings (SSSR count). The average molecular weight is 216 g/mol. The van der Waals surface area contributed by atoms with E-state index in [2.05, 4.69) is 4.57 Å². The molecule has 1 aromatic carbocycles. The van der Waals surface area contributed by atoms with Crippen molar-refractivity contribution in [2.24, 2.45) is 0 Å². The molecule has 0 unspecified atom stereocenters. The van der Waals surface area contributed by atoms with Crippen molar-refractivity contribution < 1.29 is 4.92 Å². The van der Waals surface area contributed by atoms with Crippen LogP contribution in [0.2, 0.25) is 0 Å².